The molecule has 0 aliphatic heterocycles. The molecule has 0 saturated carbocycles. The Bertz CT molecular complexity index is 2140. The van der Waals surface area contributed by atoms with E-state index in [9.17, 15) is 0 Å². The monoisotopic (exact) mass is 638 g/mol. The maximum Gasteiger partial charge on any atom is -0.00204 e. The molecule has 50 heavy (non-hydrogen) atoms. The van der Waals surface area contributed by atoms with E-state index in [2.05, 4.69) is 207 Å². The van der Waals surface area contributed by atoms with Crippen LogP contribution in [0.2, 0.25) is 0 Å². The van der Waals surface area contributed by atoms with E-state index in [-0.39, 0.29) is 0 Å². The molecule has 0 atom stereocenters. The summed E-state index contributed by atoms with van der Waals surface area (Å²) < 4.78 is 0. The Morgan fingerprint density at radius 2 is 0.480 bits per heavy atom. The van der Waals surface area contributed by atoms with E-state index in [4.69, 9.17) is 0 Å². The van der Waals surface area contributed by atoms with Crippen molar-refractivity contribution < 1.29 is 0 Å². The quantitative estimate of drug-likeness (QED) is 0.131. The van der Waals surface area contributed by atoms with E-state index in [1.165, 1.54) is 0 Å². The molecule has 0 aromatic heterocycles. The Morgan fingerprint density at radius 3 is 0.760 bits per heavy atom. The fourth-order valence-corrected chi connectivity index (χ4v) is 6.88. The molecule has 0 heterocycles. The van der Waals surface area contributed by atoms with Crippen LogP contribution in [-0.2, 0) is 0 Å². The summed E-state index contributed by atoms with van der Waals surface area (Å²) in [6.07, 6.45) is 3.92. The summed E-state index contributed by atoms with van der Waals surface area (Å²) in [6, 6.07) is 69.1. The van der Waals surface area contributed by atoms with Crippen molar-refractivity contribution in [1.29, 1.82) is 0 Å². The van der Waals surface area contributed by atoms with Crippen LogP contribution in [0.1, 0.15) is 55.6 Å². The molecular formula is C50H38. The van der Waals surface area contributed by atoms with Gasteiger partial charge in [-0.2, -0.15) is 0 Å². The van der Waals surface area contributed by atoms with Crippen LogP contribution in [0, 0.1) is 0 Å². The summed E-state index contributed by atoms with van der Waals surface area (Å²) in [4.78, 5) is 0. The number of hydrogen-bond donors (Lipinski definition) is 0. The van der Waals surface area contributed by atoms with Crippen LogP contribution in [-0.4, -0.2) is 0 Å². The van der Waals surface area contributed by atoms with Crippen molar-refractivity contribution in [1.82, 2.24) is 0 Å². The third-order valence-corrected chi connectivity index (χ3v) is 9.12. The van der Waals surface area contributed by atoms with Gasteiger partial charge < -0.3 is 0 Å². The standard InChI is InChI=1S/C50H38/c1-3-37-23-17-19-33-43(37)47(39-25-9-5-10-26-39)49(41-29-13-7-14-30-41)45-35-21-22-36-46(45)50(42-31-15-8-16-32-42)48(40-27-11-6-12-28-40)44-34-20-18-24-38(44)4-2/h3-36H,1-2H2/b49-47+,50-48+. The zero-order valence-electron chi connectivity index (χ0n) is 28.0. The first-order valence-electron chi connectivity index (χ1n) is 17.0. The third-order valence-electron chi connectivity index (χ3n) is 9.12. The van der Waals surface area contributed by atoms with Crippen LogP contribution >= 0.6 is 0 Å². The van der Waals surface area contributed by atoms with Crippen LogP contribution in [0.3, 0.4) is 0 Å². The van der Waals surface area contributed by atoms with Gasteiger partial charge in [-0.25, -0.2) is 0 Å². The molecular weight excluding hydrogens is 601 g/mol. The summed E-state index contributed by atoms with van der Waals surface area (Å²) >= 11 is 0. The Kier molecular flexibility index (Phi) is 9.72. The first kappa shape index (κ1) is 32.1. The molecule has 238 valence electrons. The van der Waals surface area contributed by atoms with Crippen molar-refractivity contribution in [2.45, 2.75) is 0 Å². The number of benzene rings is 7. The Labute approximate surface area is 296 Å². The minimum absolute atomic E-state index is 1.08. The minimum Gasteiger partial charge on any atom is -0.0984 e. The third kappa shape index (κ3) is 6.48. The molecule has 0 aliphatic carbocycles. The molecule has 0 amide bonds. The van der Waals surface area contributed by atoms with Gasteiger partial charge in [0.2, 0.25) is 0 Å². The van der Waals surface area contributed by atoms with Gasteiger partial charge in [0.25, 0.3) is 0 Å². The van der Waals surface area contributed by atoms with Crippen molar-refractivity contribution in [3.8, 4) is 0 Å². The molecule has 7 aromatic rings. The van der Waals surface area contributed by atoms with Gasteiger partial charge in [0, 0.05) is 0 Å². The molecule has 0 unspecified atom stereocenters. The SMILES string of the molecule is C=Cc1ccccc1/C(=C(\c1ccccc1)c1ccccc1/C(=C(\c1ccccc1)c1ccccc1C=C)c1ccccc1)c1ccccc1. The fourth-order valence-electron chi connectivity index (χ4n) is 6.88. The summed E-state index contributed by atoms with van der Waals surface area (Å²) in [5.41, 5.74) is 15.9. The second-order valence-electron chi connectivity index (χ2n) is 12.1. The van der Waals surface area contributed by atoms with Gasteiger partial charge in [0.1, 0.15) is 0 Å². The van der Waals surface area contributed by atoms with Crippen LogP contribution in [0.5, 0.6) is 0 Å². The van der Waals surface area contributed by atoms with Crippen molar-refractivity contribution in [3.05, 3.63) is 263 Å². The molecule has 0 radical (unpaired) electrons. The van der Waals surface area contributed by atoms with Crippen LogP contribution in [0.4, 0.5) is 0 Å². The van der Waals surface area contributed by atoms with E-state index in [0.717, 1.165) is 77.9 Å². The molecule has 0 N–H and O–H groups in total. The molecule has 7 aromatic carbocycles. The molecule has 0 nitrogen and oxygen atoms in total. The molecule has 0 saturated heterocycles. The Balaban J connectivity index is 1.70. The maximum atomic E-state index is 4.23. The lowest BCUT2D eigenvalue weighted by Gasteiger charge is -2.25. The van der Waals surface area contributed by atoms with E-state index in [1.807, 2.05) is 12.2 Å². The second-order valence-corrected chi connectivity index (χ2v) is 12.1. The van der Waals surface area contributed by atoms with E-state index in [0.29, 0.717) is 0 Å². The summed E-state index contributed by atoms with van der Waals surface area (Å²) in [5, 5.41) is 0. The average molecular weight is 639 g/mol. The van der Waals surface area contributed by atoms with Gasteiger partial charge in [0.05, 0.1) is 0 Å². The van der Waals surface area contributed by atoms with E-state index >= 15 is 0 Å². The highest BCUT2D eigenvalue weighted by Crippen LogP contribution is 2.45. The second kappa shape index (κ2) is 15.2. The largest absolute Gasteiger partial charge is 0.0984 e. The zero-order valence-corrected chi connectivity index (χ0v) is 28.0. The lowest BCUT2D eigenvalue weighted by Crippen LogP contribution is -2.05. The molecule has 0 fully saturated rings. The minimum atomic E-state index is 1.08. The molecule has 7 rings (SSSR count). The Morgan fingerprint density at radius 1 is 0.260 bits per heavy atom. The predicted molar refractivity (Wildman–Crippen MR) is 215 cm³/mol. The first-order valence-corrected chi connectivity index (χ1v) is 17.0. The smallest absolute Gasteiger partial charge is 0.00204 e. The van der Waals surface area contributed by atoms with Gasteiger partial charge >= 0.3 is 0 Å². The van der Waals surface area contributed by atoms with Crippen molar-refractivity contribution in [2.75, 3.05) is 0 Å². The first-order chi connectivity index (χ1) is 24.8. The van der Waals surface area contributed by atoms with Crippen molar-refractivity contribution in [2.24, 2.45) is 0 Å². The lowest BCUT2D eigenvalue weighted by atomic mass is 9.78. The average Bonchev–Trinajstić information content (AvgIpc) is 3.20. The Hall–Kier alpha value is -6.50. The van der Waals surface area contributed by atoms with Gasteiger partial charge in [-0.1, -0.05) is 219 Å². The van der Waals surface area contributed by atoms with Crippen LogP contribution < -0.4 is 0 Å². The van der Waals surface area contributed by atoms with E-state index < -0.39 is 0 Å². The molecule has 0 heteroatoms. The maximum absolute atomic E-state index is 4.23. The topological polar surface area (TPSA) is 0 Å². The highest BCUT2D eigenvalue weighted by molar-refractivity contribution is 6.12. The highest BCUT2D eigenvalue weighted by atomic mass is 14.3. The van der Waals surface area contributed by atoms with Crippen molar-refractivity contribution >= 4 is 34.4 Å². The normalized spacial score (nSPS) is 12.0. The summed E-state index contributed by atoms with van der Waals surface area (Å²) in [5.74, 6) is 0. The highest BCUT2D eigenvalue weighted by Gasteiger charge is 2.24. The molecule has 0 aliphatic rings. The van der Waals surface area contributed by atoms with Gasteiger partial charge in [-0.3, -0.25) is 0 Å². The number of rotatable bonds is 10. The summed E-state index contributed by atoms with van der Waals surface area (Å²) in [7, 11) is 0. The van der Waals surface area contributed by atoms with Gasteiger partial charge in [-0.15, -0.1) is 0 Å². The predicted octanol–water partition coefficient (Wildman–Crippen LogP) is 13.0. The zero-order chi connectivity index (χ0) is 34.1. The fraction of sp³-hybridized carbons (Fsp3) is 0. The molecule has 0 spiro atoms. The summed E-state index contributed by atoms with van der Waals surface area (Å²) in [6.45, 7) is 8.45. The lowest BCUT2D eigenvalue weighted by molar-refractivity contribution is 1.45. The van der Waals surface area contributed by atoms with Crippen LogP contribution in [0.25, 0.3) is 34.4 Å². The van der Waals surface area contributed by atoms with Gasteiger partial charge in [0.15, 0.2) is 0 Å². The van der Waals surface area contributed by atoms with E-state index in [1.54, 1.807) is 0 Å². The van der Waals surface area contributed by atoms with Gasteiger partial charge in [-0.05, 0) is 77.9 Å². The number of hydrogen-bond acceptors (Lipinski definition) is 0. The van der Waals surface area contributed by atoms with Crippen LogP contribution in [0.15, 0.2) is 207 Å². The molecule has 0 bridgehead atoms. The van der Waals surface area contributed by atoms with Crippen molar-refractivity contribution in [3.63, 3.8) is 0 Å².